The van der Waals surface area contributed by atoms with Gasteiger partial charge in [0.2, 0.25) is 0 Å². The number of rotatable bonds is 8. The summed E-state index contributed by atoms with van der Waals surface area (Å²) in [5.74, 6) is 0.241. The number of fused-ring (bicyclic) bond motifs is 10. The van der Waals surface area contributed by atoms with E-state index in [9.17, 15) is 0 Å². The van der Waals surface area contributed by atoms with Crippen molar-refractivity contribution < 1.29 is 0 Å². The average molecular weight is 667 g/mol. The van der Waals surface area contributed by atoms with E-state index in [1.165, 1.54) is 83.5 Å². The first kappa shape index (κ1) is 32.0. The van der Waals surface area contributed by atoms with Gasteiger partial charge in [0.05, 0.1) is 5.41 Å². The van der Waals surface area contributed by atoms with Crippen molar-refractivity contribution in [3.05, 3.63) is 221 Å². The third-order valence-corrected chi connectivity index (χ3v) is 11.4. The van der Waals surface area contributed by atoms with Gasteiger partial charge in [-0.15, -0.1) is 0 Å². The van der Waals surface area contributed by atoms with Crippen LogP contribution >= 0.6 is 0 Å². The van der Waals surface area contributed by atoms with Crippen LogP contribution in [-0.4, -0.2) is 0 Å². The van der Waals surface area contributed by atoms with Crippen LogP contribution in [0, 0.1) is 0 Å². The summed E-state index contributed by atoms with van der Waals surface area (Å²) in [4.78, 5) is 0. The highest BCUT2D eigenvalue weighted by atomic mass is 14.5. The zero-order valence-electron chi connectivity index (χ0n) is 29.9. The molecule has 7 aromatic carbocycles. The van der Waals surface area contributed by atoms with Gasteiger partial charge >= 0.3 is 0 Å². The van der Waals surface area contributed by atoms with E-state index in [2.05, 4.69) is 202 Å². The normalized spacial score (nSPS) is 14.0. The molecule has 0 N–H and O–H groups in total. The van der Waals surface area contributed by atoms with Crippen LogP contribution in [0.2, 0.25) is 0 Å². The van der Waals surface area contributed by atoms with Crippen molar-refractivity contribution in [2.75, 3.05) is 0 Å². The van der Waals surface area contributed by atoms with Crippen LogP contribution < -0.4 is 0 Å². The Morgan fingerprint density at radius 3 is 1.71 bits per heavy atom. The zero-order valence-corrected chi connectivity index (χ0v) is 29.9. The molecule has 7 aromatic rings. The van der Waals surface area contributed by atoms with Gasteiger partial charge in [0.1, 0.15) is 0 Å². The van der Waals surface area contributed by atoms with E-state index >= 15 is 0 Å². The highest BCUT2D eigenvalue weighted by Gasteiger charge is 2.51. The molecule has 0 saturated carbocycles. The first-order valence-electron chi connectivity index (χ1n) is 18.7. The number of hydrogen-bond donors (Lipinski definition) is 0. The topological polar surface area (TPSA) is 0 Å². The molecule has 1 atom stereocenters. The van der Waals surface area contributed by atoms with Crippen molar-refractivity contribution in [2.24, 2.45) is 0 Å². The van der Waals surface area contributed by atoms with E-state index in [1.54, 1.807) is 0 Å². The second kappa shape index (κ2) is 13.3. The second-order valence-electron chi connectivity index (χ2n) is 14.3. The zero-order chi connectivity index (χ0) is 35.1. The van der Waals surface area contributed by atoms with Crippen LogP contribution in [0.15, 0.2) is 182 Å². The maximum Gasteiger partial charge on any atom is 0.0725 e. The fourth-order valence-corrected chi connectivity index (χ4v) is 8.83. The van der Waals surface area contributed by atoms with Crippen LogP contribution in [-0.2, 0) is 5.41 Å². The molecule has 0 fully saturated rings. The highest BCUT2D eigenvalue weighted by Crippen LogP contribution is 2.63. The second-order valence-corrected chi connectivity index (χ2v) is 14.3. The Labute approximate surface area is 308 Å². The molecule has 0 amide bonds. The predicted octanol–water partition coefficient (Wildman–Crippen LogP) is 13.9. The molecule has 0 aliphatic heterocycles. The SMILES string of the molecule is CCC/C=C\C=Cc1cc(C(C)c2cccc(-c3ccccc3)c2)ccc1-c1ccc2c(c1)C1(c3ccccc3-c3ccccc31)c1ccccc1-2. The Balaban J connectivity index is 1.19. The molecule has 0 saturated heterocycles. The minimum Gasteiger partial charge on any atom is -0.0845 e. The van der Waals surface area contributed by atoms with E-state index in [4.69, 9.17) is 0 Å². The molecule has 9 rings (SSSR count). The minimum atomic E-state index is -0.355. The smallest absolute Gasteiger partial charge is 0.0725 e. The van der Waals surface area contributed by atoms with Gasteiger partial charge in [-0.2, -0.15) is 0 Å². The van der Waals surface area contributed by atoms with Crippen molar-refractivity contribution in [3.8, 4) is 44.5 Å². The first-order valence-corrected chi connectivity index (χ1v) is 18.7. The van der Waals surface area contributed by atoms with Crippen molar-refractivity contribution in [1.29, 1.82) is 0 Å². The molecule has 52 heavy (non-hydrogen) atoms. The Hall–Kier alpha value is -5.98. The number of allylic oxidation sites excluding steroid dienone is 3. The fraction of sp³-hybridized carbons (Fsp3) is 0.115. The summed E-state index contributed by atoms with van der Waals surface area (Å²) in [6.07, 6.45) is 11.2. The van der Waals surface area contributed by atoms with Gasteiger partial charge in [0.15, 0.2) is 0 Å². The Bertz CT molecular complexity index is 2430. The molecule has 1 spiro atoms. The van der Waals surface area contributed by atoms with E-state index in [-0.39, 0.29) is 11.3 Å². The highest BCUT2D eigenvalue weighted by molar-refractivity contribution is 5.96. The van der Waals surface area contributed by atoms with Crippen LogP contribution in [0.3, 0.4) is 0 Å². The monoisotopic (exact) mass is 666 g/mol. The number of hydrogen-bond acceptors (Lipinski definition) is 0. The van der Waals surface area contributed by atoms with Crippen molar-refractivity contribution >= 4 is 6.08 Å². The lowest BCUT2D eigenvalue weighted by molar-refractivity contribution is 0.794. The molecule has 0 heterocycles. The van der Waals surface area contributed by atoms with Crippen LogP contribution in [0.25, 0.3) is 50.6 Å². The van der Waals surface area contributed by atoms with Gasteiger partial charge in [-0.1, -0.05) is 202 Å². The molecule has 2 aliphatic carbocycles. The predicted molar refractivity (Wildman–Crippen MR) is 221 cm³/mol. The van der Waals surface area contributed by atoms with Gasteiger partial charge in [-0.05, 0) is 95.9 Å². The van der Waals surface area contributed by atoms with Crippen LogP contribution in [0.5, 0.6) is 0 Å². The fourth-order valence-electron chi connectivity index (χ4n) is 8.83. The molecule has 2 aliphatic rings. The lowest BCUT2D eigenvalue weighted by Crippen LogP contribution is -2.25. The lowest BCUT2D eigenvalue weighted by atomic mass is 9.70. The molecule has 0 heteroatoms. The molecular formula is C52H42. The van der Waals surface area contributed by atoms with Crippen molar-refractivity contribution in [1.82, 2.24) is 0 Å². The average Bonchev–Trinajstić information content (AvgIpc) is 3.68. The molecular weight excluding hydrogens is 625 g/mol. The van der Waals surface area contributed by atoms with Gasteiger partial charge in [0, 0.05) is 5.92 Å². The molecule has 0 aromatic heterocycles. The molecule has 0 nitrogen and oxygen atoms in total. The summed E-state index contributed by atoms with van der Waals surface area (Å²) in [7, 11) is 0. The number of unbranched alkanes of at least 4 members (excludes halogenated alkanes) is 1. The van der Waals surface area contributed by atoms with E-state index < -0.39 is 0 Å². The van der Waals surface area contributed by atoms with Crippen molar-refractivity contribution in [2.45, 2.75) is 38.0 Å². The van der Waals surface area contributed by atoms with Crippen molar-refractivity contribution in [3.63, 3.8) is 0 Å². The number of benzene rings is 7. The summed E-state index contributed by atoms with van der Waals surface area (Å²) < 4.78 is 0. The third-order valence-electron chi connectivity index (χ3n) is 11.4. The Kier molecular flexibility index (Phi) is 8.17. The minimum absolute atomic E-state index is 0.241. The van der Waals surface area contributed by atoms with Gasteiger partial charge in [-0.3, -0.25) is 0 Å². The first-order chi connectivity index (χ1) is 25.7. The van der Waals surface area contributed by atoms with E-state index in [1.807, 2.05) is 0 Å². The van der Waals surface area contributed by atoms with Gasteiger partial charge in [-0.25, -0.2) is 0 Å². The Morgan fingerprint density at radius 2 is 1.04 bits per heavy atom. The van der Waals surface area contributed by atoms with Crippen LogP contribution in [0.1, 0.15) is 71.6 Å². The maximum absolute atomic E-state index is 2.50. The quantitative estimate of drug-likeness (QED) is 0.142. The summed E-state index contributed by atoms with van der Waals surface area (Å²) in [5.41, 5.74) is 19.4. The van der Waals surface area contributed by atoms with Gasteiger partial charge in [0.25, 0.3) is 0 Å². The standard InChI is InChI=1S/C52H42/c1-3-4-5-6-8-20-41-34-39(36(2)38-21-17-22-40(33-38)37-18-9-7-10-19-37)29-31-43(41)42-30-32-47-46-25-13-16-28-50(46)52(51(47)35-42)48-26-14-11-23-44(48)45-24-12-15-27-49(45)52/h5-36H,3-4H2,1-2H3/b6-5-,20-8?. The largest absolute Gasteiger partial charge is 0.0845 e. The maximum atomic E-state index is 2.50. The summed E-state index contributed by atoms with van der Waals surface area (Å²) >= 11 is 0. The molecule has 0 radical (unpaired) electrons. The lowest BCUT2D eigenvalue weighted by Gasteiger charge is -2.30. The van der Waals surface area contributed by atoms with E-state index in [0.717, 1.165) is 12.8 Å². The van der Waals surface area contributed by atoms with Gasteiger partial charge < -0.3 is 0 Å². The van der Waals surface area contributed by atoms with E-state index in [0.29, 0.717) is 0 Å². The molecule has 1 unspecified atom stereocenters. The molecule has 250 valence electrons. The summed E-state index contributed by atoms with van der Waals surface area (Å²) in [6.45, 7) is 4.56. The molecule has 0 bridgehead atoms. The summed E-state index contributed by atoms with van der Waals surface area (Å²) in [5, 5.41) is 0. The van der Waals surface area contributed by atoms with Crippen LogP contribution in [0.4, 0.5) is 0 Å². The summed E-state index contributed by atoms with van der Waals surface area (Å²) in [6, 6.07) is 61.2. The Morgan fingerprint density at radius 1 is 0.462 bits per heavy atom. The third kappa shape index (κ3) is 5.13.